The molecule has 0 N–H and O–H groups in total. The molecule has 0 aliphatic carbocycles. The summed E-state index contributed by atoms with van der Waals surface area (Å²) in [6.45, 7) is 11.2. The normalized spacial score (nSPS) is 21.4. The lowest BCUT2D eigenvalue weighted by atomic mass is 9.95. The number of benzene rings is 1. The fraction of sp³-hybridized carbons (Fsp3) is 0.545. The van der Waals surface area contributed by atoms with E-state index in [1.165, 1.54) is 24.0 Å². The molecule has 0 amide bonds. The smallest absolute Gasteiger partial charge is 0.103 e. The van der Waals surface area contributed by atoms with Gasteiger partial charge in [-0.05, 0) is 44.2 Å². The van der Waals surface area contributed by atoms with Crippen LogP contribution in [0.25, 0.3) is 10.9 Å². The molecule has 2 aromatic rings. The van der Waals surface area contributed by atoms with Crippen LogP contribution in [0, 0.1) is 31.1 Å². The lowest BCUT2D eigenvalue weighted by Crippen LogP contribution is -2.44. The second-order valence-electron chi connectivity index (χ2n) is 7.98. The molecular weight excluding hydrogens is 336 g/mol. The quantitative estimate of drug-likeness (QED) is 0.837. The summed E-state index contributed by atoms with van der Waals surface area (Å²) in [4.78, 5) is 9.56. The van der Waals surface area contributed by atoms with Gasteiger partial charge in [0.1, 0.15) is 6.07 Å². The number of pyridine rings is 1. The summed E-state index contributed by atoms with van der Waals surface area (Å²) in [6.07, 6.45) is 4.19. The molecule has 142 valence electrons. The van der Waals surface area contributed by atoms with Crippen LogP contribution in [-0.4, -0.2) is 55.8 Å². The van der Waals surface area contributed by atoms with Crippen molar-refractivity contribution in [2.24, 2.45) is 5.92 Å². The minimum atomic E-state index is 0.637. The molecule has 27 heavy (non-hydrogen) atoms. The van der Waals surface area contributed by atoms with E-state index in [4.69, 9.17) is 4.74 Å². The van der Waals surface area contributed by atoms with E-state index in [0.717, 1.165) is 62.5 Å². The molecule has 1 atom stereocenters. The highest BCUT2D eigenvalue weighted by molar-refractivity contribution is 5.96. The Morgan fingerprint density at radius 2 is 2.04 bits per heavy atom. The zero-order valence-corrected chi connectivity index (χ0v) is 16.4. The van der Waals surface area contributed by atoms with E-state index >= 15 is 0 Å². The maximum absolute atomic E-state index is 9.74. The maximum atomic E-state index is 9.74. The summed E-state index contributed by atoms with van der Waals surface area (Å²) in [6, 6.07) is 6.75. The minimum Gasteiger partial charge on any atom is -0.379 e. The van der Waals surface area contributed by atoms with Crippen molar-refractivity contribution in [3.05, 3.63) is 35.0 Å². The second kappa shape index (κ2) is 7.84. The van der Waals surface area contributed by atoms with Crippen LogP contribution in [0.2, 0.25) is 0 Å². The number of aromatic nitrogens is 1. The van der Waals surface area contributed by atoms with E-state index in [1.807, 2.05) is 0 Å². The first kappa shape index (κ1) is 18.2. The highest BCUT2D eigenvalue weighted by Gasteiger charge is 2.26. The van der Waals surface area contributed by atoms with E-state index in [0.29, 0.717) is 11.5 Å². The van der Waals surface area contributed by atoms with Gasteiger partial charge in [0, 0.05) is 44.3 Å². The number of hydrogen-bond acceptors (Lipinski definition) is 5. The number of morpholine rings is 1. The number of fused-ring (bicyclic) bond motifs is 1. The Balaban J connectivity index is 1.65. The number of aryl methyl sites for hydroxylation is 2. The van der Waals surface area contributed by atoms with Crippen LogP contribution < -0.4 is 4.90 Å². The SMILES string of the molecule is Cc1cc(C)c2ncc(C#N)c(N3CCCC(CN4CCOCC4)C3)c2c1. The van der Waals surface area contributed by atoms with Crippen LogP contribution in [0.3, 0.4) is 0 Å². The zero-order chi connectivity index (χ0) is 18.8. The van der Waals surface area contributed by atoms with Crippen LogP contribution >= 0.6 is 0 Å². The Labute approximate surface area is 161 Å². The van der Waals surface area contributed by atoms with Gasteiger partial charge < -0.3 is 9.64 Å². The van der Waals surface area contributed by atoms with Crippen LogP contribution in [0.1, 0.15) is 29.5 Å². The molecule has 1 aromatic heterocycles. The van der Waals surface area contributed by atoms with Crippen molar-refractivity contribution in [3.63, 3.8) is 0 Å². The van der Waals surface area contributed by atoms with Crippen LogP contribution in [-0.2, 0) is 4.74 Å². The molecule has 3 heterocycles. The summed E-state index contributed by atoms with van der Waals surface area (Å²) < 4.78 is 5.49. The standard InChI is InChI=1S/C22H28N4O/c1-16-10-17(2)21-20(11-16)22(19(12-23)13-24-21)26-5-3-4-18(15-26)14-25-6-8-27-9-7-25/h10-11,13,18H,3-9,14-15H2,1-2H3. The van der Waals surface area contributed by atoms with Crippen molar-refractivity contribution in [2.75, 3.05) is 50.8 Å². The molecule has 0 saturated carbocycles. The van der Waals surface area contributed by atoms with Crippen LogP contribution in [0.15, 0.2) is 18.3 Å². The van der Waals surface area contributed by atoms with E-state index < -0.39 is 0 Å². The molecule has 0 radical (unpaired) electrons. The number of piperidine rings is 1. The maximum Gasteiger partial charge on any atom is 0.103 e. The predicted molar refractivity (Wildman–Crippen MR) is 108 cm³/mol. The molecule has 4 rings (SSSR count). The molecule has 5 heteroatoms. The Hall–Kier alpha value is -2.16. The van der Waals surface area contributed by atoms with Gasteiger partial charge in [0.15, 0.2) is 0 Å². The molecule has 5 nitrogen and oxygen atoms in total. The highest BCUT2D eigenvalue weighted by Crippen LogP contribution is 2.34. The molecule has 1 aromatic carbocycles. The monoisotopic (exact) mass is 364 g/mol. The van der Waals surface area contributed by atoms with Crippen molar-refractivity contribution >= 4 is 16.6 Å². The van der Waals surface area contributed by atoms with Gasteiger partial charge in [-0.15, -0.1) is 0 Å². The van der Waals surface area contributed by atoms with Gasteiger partial charge in [-0.2, -0.15) is 5.26 Å². The third-order valence-corrected chi connectivity index (χ3v) is 5.85. The van der Waals surface area contributed by atoms with Gasteiger partial charge >= 0.3 is 0 Å². The minimum absolute atomic E-state index is 0.637. The Kier molecular flexibility index (Phi) is 5.29. The molecule has 2 aliphatic heterocycles. The van der Waals surface area contributed by atoms with Crippen molar-refractivity contribution in [3.8, 4) is 6.07 Å². The summed E-state index contributed by atoms with van der Waals surface area (Å²) in [5.74, 6) is 0.637. The summed E-state index contributed by atoms with van der Waals surface area (Å²) in [5.41, 5.74) is 5.20. The van der Waals surface area contributed by atoms with E-state index in [1.54, 1.807) is 6.20 Å². The van der Waals surface area contributed by atoms with Crippen molar-refractivity contribution in [1.82, 2.24) is 9.88 Å². The average Bonchev–Trinajstić information content (AvgIpc) is 2.68. The fourth-order valence-electron chi connectivity index (χ4n) is 4.64. The van der Waals surface area contributed by atoms with Gasteiger partial charge in [0.2, 0.25) is 0 Å². The fourth-order valence-corrected chi connectivity index (χ4v) is 4.64. The molecule has 0 spiro atoms. The summed E-state index contributed by atoms with van der Waals surface area (Å²) >= 11 is 0. The summed E-state index contributed by atoms with van der Waals surface area (Å²) in [5, 5.41) is 10.9. The van der Waals surface area contributed by atoms with Crippen molar-refractivity contribution in [2.45, 2.75) is 26.7 Å². The number of rotatable bonds is 3. The first-order chi connectivity index (χ1) is 13.2. The van der Waals surface area contributed by atoms with Gasteiger partial charge in [0.05, 0.1) is 30.0 Å². The number of ether oxygens (including phenoxy) is 1. The third kappa shape index (κ3) is 3.78. The molecule has 1 unspecified atom stereocenters. The first-order valence-electron chi connectivity index (χ1n) is 10.0. The largest absolute Gasteiger partial charge is 0.379 e. The van der Waals surface area contributed by atoms with Crippen molar-refractivity contribution in [1.29, 1.82) is 5.26 Å². The number of anilines is 1. The molecule has 0 bridgehead atoms. The Morgan fingerprint density at radius 1 is 1.22 bits per heavy atom. The number of hydrogen-bond donors (Lipinski definition) is 0. The highest BCUT2D eigenvalue weighted by atomic mass is 16.5. The number of nitriles is 1. The zero-order valence-electron chi connectivity index (χ0n) is 16.4. The molecular formula is C22H28N4O. The van der Waals surface area contributed by atoms with Crippen molar-refractivity contribution < 1.29 is 4.74 Å². The molecule has 2 aliphatic rings. The van der Waals surface area contributed by atoms with Crippen LogP contribution in [0.5, 0.6) is 0 Å². The van der Waals surface area contributed by atoms with E-state index in [-0.39, 0.29) is 0 Å². The summed E-state index contributed by atoms with van der Waals surface area (Å²) in [7, 11) is 0. The lowest BCUT2D eigenvalue weighted by Gasteiger charge is -2.38. The second-order valence-corrected chi connectivity index (χ2v) is 7.98. The van der Waals surface area contributed by atoms with Gasteiger partial charge in [-0.25, -0.2) is 0 Å². The Morgan fingerprint density at radius 3 is 2.81 bits per heavy atom. The van der Waals surface area contributed by atoms with Gasteiger partial charge in [-0.3, -0.25) is 9.88 Å². The first-order valence-corrected chi connectivity index (χ1v) is 10.0. The molecule has 2 saturated heterocycles. The topological polar surface area (TPSA) is 52.4 Å². The molecule has 2 fully saturated rings. The third-order valence-electron chi connectivity index (χ3n) is 5.85. The number of nitrogens with zero attached hydrogens (tertiary/aromatic N) is 4. The van der Waals surface area contributed by atoms with E-state index in [2.05, 4.69) is 46.8 Å². The van der Waals surface area contributed by atoms with Gasteiger partial charge in [-0.1, -0.05) is 11.6 Å². The lowest BCUT2D eigenvalue weighted by molar-refractivity contribution is 0.0296. The van der Waals surface area contributed by atoms with Crippen LogP contribution in [0.4, 0.5) is 5.69 Å². The Bertz CT molecular complexity index is 867. The van der Waals surface area contributed by atoms with E-state index in [9.17, 15) is 5.26 Å². The predicted octanol–water partition coefficient (Wildman–Crippen LogP) is 3.27. The average molecular weight is 364 g/mol. The van der Waals surface area contributed by atoms with Gasteiger partial charge in [0.25, 0.3) is 0 Å².